The predicted molar refractivity (Wildman–Crippen MR) is 64.1 cm³/mol. The first-order chi connectivity index (χ1) is 9.27. The number of alkyl halides is 3. The van der Waals surface area contributed by atoms with Crippen molar-refractivity contribution >= 4 is 23.8 Å². The highest BCUT2D eigenvalue weighted by Crippen LogP contribution is 2.50. The lowest BCUT2D eigenvalue weighted by Gasteiger charge is -2.36. The fraction of sp³-hybridized carbons (Fsp3) is 0.273. The van der Waals surface area contributed by atoms with Gasteiger partial charge in [-0.25, -0.2) is 4.79 Å². The topological polar surface area (TPSA) is 72.6 Å². The van der Waals surface area contributed by atoms with E-state index in [9.17, 15) is 22.8 Å². The lowest BCUT2D eigenvalue weighted by Crippen LogP contribution is -2.53. The summed E-state index contributed by atoms with van der Waals surface area (Å²) < 4.78 is 44.0. The highest BCUT2D eigenvalue weighted by Gasteiger charge is 2.61. The minimum atomic E-state index is -4.99. The Morgan fingerprint density at radius 2 is 1.95 bits per heavy atom. The molecular weight excluding hydrogens is 297 g/mol. The number of nitrogens with zero attached hydrogens (tertiary/aromatic N) is 1. The molecule has 0 saturated carbocycles. The number of amides is 2. The number of nitrogens with two attached hydrogens (primary N) is 1. The molecule has 1 aromatic carbocycles. The molecule has 108 valence electrons. The van der Waals surface area contributed by atoms with Gasteiger partial charge in [-0.3, -0.25) is 4.79 Å². The van der Waals surface area contributed by atoms with Crippen LogP contribution in [0.5, 0.6) is 0 Å². The molecule has 0 bridgehead atoms. The highest BCUT2D eigenvalue weighted by molar-refractivity contribution is 8.01. The van der Waals surface area contributed by atoms with Crippen molar-refractivity contribution in [2.24, 2.45) is 5.73 Å². The maximum Gasteiger partial charge on any atom is 0.491 e. The molecule has 1 aromatic rings. The monoisotopic (exact) mass is 306 g/mol. The zero-order valence-electron chi connectivity index (χ0n) is 9.89. The fourth-order valence-electron chi connectivity index (χ4n) is 1.89. The average Bonchev–Trinajstić information content (AvgIpc) is 2.67. The van der Waals surface area contributed by atoms with Gasteiger partial charge in [-0.1, -0.05) is 42.1 Å². The molecule has 5 nitrogen and oxygen atoms in total. The summed E-state index contributed by atoms with van der Waals surface area (Å²) >= 11 is 0.548. The second-order valence-corrected chi connectivity index (χ2v) is 4.99. The number of carbonyl (C=O) groups excluding carboxylic acids is 2. The lowest BCUT2D eigenvalue weighted by molar-refractivity contribution is -0.279. The van der Waals surface area contributed by atoms with Gasteiger partial charge >= 0.3 is 12.4 Å². The summed E-state index contributed by atoms with van der Waals surface area (Å²) in [6.45, 7) is 0. The molecule has 0 aliphatic carbocycles. The zero-order chi connectivity index (χ0) is 15.0. The smallest absolute Gasteiger partial charge is 0.408 e. The molecule has 9 heteroatoms. The molecular formula is C11H9F3N2O3S. The van der Waals surface area contributed by atoms with Gasteiger partial charge in [-0.05, 0) is 0 Å². The van der Waals surface area contributed by atoms with E-state index in [2.05, 4.69) is 4.74 Å². The van der Waals surface area contributed by atoms with E-state index < -0.39 is 34.0 Å². The van der Waals surface area contributed by atoms with E-state index in [1.165, 1.54) is 24.3 Å². The summed E-state index contributed by atoms with van der Waals surface area (Å²) in [5, 5.41) is -2.32. The van der Waals surface area contributed by atoms with Crippen LogP contribution in [-0.2, 0) is 14.6 Å². The second-order valence-electron chi connectivity index (χ2n) is 3.85. The standard InChI is InChI=1S/C11H9F3N2O3S/c12-11(13,14)16-8(17)6-20-10(16,19-9(15)18)7-4-2-1-3-5-7/h1-5H,6H2,(H2,15,18). The average molecular weight is 306 g/mol. The SMILES string of the molecule is NC(=O)OC1(c2ccccc2)SCC(=O)N1C(F)(F)F. The lowest BCUT2D eigenvalue weighted by atomic mass is 10.2. The summed E-state index contributed by atoms with van der Waals surface area (Å²) in [5.74, 6) is -1.67. The first-order valence-electron chi connectivity index (χ1n) is 5.35. The van der Waals surface area contributed by atoms with Crippen molar-refractivity contribution in [2.45, 2.75) is 11.4 Å². The van der Waals surface area contributed by atoms with E-state index in [4.69, 9.17) is 5.73 Å². The van der Waals surface area contributed by atoms with Gasteiger partial charge in [0.05, 0.1) is 5.75 Å². The highest BCUT2D eigenvalue weighted by atomic mass is 32.2. The third-order valence-corrected chi connectivity index (χ3v) is 3.85. The number of rotatable bonds is 2. The van der Waals surface area contributed by atoms with E-state index in [1.54, 1.807) is 6.07 Å². The number of hydrogen-bond donors (Lipinski definition) is 1. The van der Waals surface area contributed by atoms with Gasteiger partial charge in [-0.15, -0.1) is 13.2 Å². The first-order valence-corrected chi connectivity index (χ1v) is 6.34. The molecule has 2 rings (SSSR count). The molecule has 1 fully saturated rings. The van der Waals surface area contributed by atoms with Crippen molar-refractivity contribution in [1.82, 2.24) is 4.90 Å². The van der Waals surface area contributed by atoms with Gasteiger partial charge in [0.2, 0.25) is 5.91 Å². The Morgan fingerprint density at radius 1 is 1.35 bits per heavy atom. The predicted octanol–water partition coefficient (Wildman–Crippen LogP) is 1.99. The van der Waals surface area contributed by atoms with E-state index in [0.717, 1.165) is 0 Å². The van der Waals surface area contributed by atoms with Gasteiger partial charge in [0.1, 0.15) is 0 Å². The van der Waals surface area contributed by atoms with Crippen LogP contribution in [0.25, 0.3) is 0 Å². The maximum atomic E-state index is 13.1. The van der Waals surface area contributed by atoms with Crippen molar-refractivity contribution in [3.05, 3.63) is 35.9 Å². The van der Waals surface area contributed by atoms with E-state index in [-0.39, 0.29) is 5.56 Å². The number of carbonyl (C=O) groups is 2. The van der Waals surface area contributed by atoms with Gasteiger partial charge in [0.15, 0.2) is 0 Å². The van der Waals surface area contributed by atoms with Crippen LogP contribution in [-0.4, -0.2) is 29.0 Å². The summed E-state index contributed by atoms with van der Waals surface area (Å²) in [6, 6.07) is 7.18. The normalized spacial score (nSPS) is 22.9. The summed E-state index contributed by atoms with van der Waals surface area (Å²) in [4.78, 5) is 22.1. The Balaban J connectivity index is 2.58. The molecule has 1 heterocycles. The van der Waals surface area contributed by atoms with Crippen molar-refractivity contribution < 1.29 is 27.5 Å². The van der Waals surface area contributed by atoms with Gasteiger partial charge in [0.25, 0.3) is 5.06 Å². The molecule has 1 unspecified atom stereocenters. The van der Waals surface area contributed by atoms with Crippen LogP contribution in [0.3, 0.4) is 0 Å². The van der Waals surface area contributed by atoms with E-state index in [1.807, 2.05) is 0 Å². The number of thioether (sulfide) groups is 1. The third-order valence-electron chi connectivity index (χ3n) is 2.57. The Kier molecular flexibility index (Phi) is 3.55. The van der Waals surface area contributed by atoms with Crippen LogP contribution >= 0.6 is 11.8 Å². The molecule has 2 N–H and O–H groups in total. The molecule has 0 spiro atoms. The summed E-state index contributed by atoms with van der Waals surface area (Å²) in [7, 11) is 0. The van der Waals surface area contributed by atoms with Crippen molar-refractivity contribution in [2.75, 3.05) is 5.75 Å². The van der Waals surface area contributed by atoms with E-state index in [0.29, 0.717) is 11.8 Å². The molecule has 20 heavy (non-hydrogen) atoms. The maximum absolute atomic E-state index is 13.1. The van der Waals surface area contributed by atoms with Crippen LogP contribution in [0.15, 0.2) is 30.3 Å². The van der Waals surface area contributed by atoms with Crippen molar-refractivity contribution in [1.29, 1.82) is 0 Å². The molecule has 2 amide bonds. The first kappa shape index (κ1) is 14.5. The van der Waals surface area contributed by atoms with Crippen LogP contribution < -0.4 is 5.73 Å². The fourth-order valence-corrected chi connectivity index (χ4v) is 3.12. The molecule has 1 atom stereocenters. The number of primary amides is 1. The van der Waals surface area contributed by atoms with Crippen molar-refractivity contribution in [3.8, 4) is 0 Å². The Morgan fingerprint density at radius 3 is 2.45 bits per heavy atom. The third kappa shape index (κ3) is 2.40. The molecule has 0 radical (unpaired) electrons. The number of hydrogen-bond acceptors (Lipinski definition) is 4. The van der Waals surface area contributed by atoms with Gasteiger partial charge in [0, 0.05) is 5.56 Å². The molecule has 1 aliphatic heterocycles. The zero-order valence-corrected chi connectivity index (χ0v) is 10.7. The number of halogens is 3. The Bertz CT molecular complexity index is 537. The molecule has 1 saturated heterocycles. The van der Waals surface area contributed by atoms with E-state index >= 15 is 0 Å². The van der Waals surface area contributed by atoms with Gasteiger partial charge in [-0.2, -0.15) is 4.90 Å². The minimum Gasteiger partial charge on any atom is -0.408 e. The number of benzene rings is 1. The minimum absolute atomic E-state index is 0.00646. The van der Waals surface area contributed by atoms with Crippen molar-refractivity contribution in [3.63, 3.8) is 0 Å². The quantitative estimate of drug-likeness (QED) is 0.848. The molecule has 0 aromatic heterocycles. The van der Waals surface area contributed by atoms with Crippen LogP contribution in [0, 0.1) is 0 Å². The summed E-state index contributed by atoms with van der Waals surface area (Å²) in [5.41, 5.74) is 4.87. The van der Waals surface area contributed by atoms with Gasteiger partial charge < -0.3 is 10.5 Å². The Hall–Kier alpha value is -1.90. The molecule has 1 aliphatic rings. The largest absolute Gasteiger partial charge is 0.491 e. The Labute approximate surface area is 115 Å². The number of ether oxygens (including phenoxy) is 1. The van der Waals surface area contributed by atoms with Crippen LogP contribution in [0.4, 0.5) is 18.0 Å². The second kappa shape index (κ2) is 4.89. The van der Waals surface area contributed by atoms with Crippen LogP contribution in [0.2, 0.25) is 0 Å². The summed E-state index contributed by atoms with van der Waals surface area (Å²) in [6.07, 6.45) is -6.39. The van der Waals surface area contributed by atoms with Crippen LogP contribution in [0.1, 0.15) is 5.56 Å².